The molecule has 0 unspecified atom stereocenters. The molecule has 3 aromatic heterocycles. The molecule has 13 aromatic rings. The van der Waals surface area contributed by atoms with Gasteiger partial charge in [0, 0.05) is 64.5 Å². The summed E-state index contributed by atoms with van der Waals surface area (Å²) in [5.74, 6) is 0. The maximum absolute atomic E-state index is 3.60. The van der Waals surface area contributed by atoms with Crippen molar-refractivity contribution in [1.82, 2.24) is 14.5 Å². The summed E-state index contributed by atoms with van der Waals surface area (Å²) >= 11 is 3.42. The lowest BCUT2D eigenvalue weighted by Crippen LogP contribution is -1.93. The highest BCUT2D eigenvalue weighted by Crippen LogP contribution is 2.41. The second-order valence-corrected chi connectivity index (χ2v) is 17.7. The molecule has 0 fully saturated rings. The minimum absolute atomic E-state index is 1.06. The predicted molar refractivity (Wildman–Crippen MR) is 279 cm³/mol. The number of rotatable bonds is 3. The Bertz CT molecular complexity index is 3840. The molecule has 0 saturated heterocycles. The van der Waals surface area contributed by atoms with Gasteiger partial charge in [-0.15, -0.1) is 0 Å². The van der Waals surface area contributed by atoms with Crippen LogP contribution in [-0.4, -0.2) is 14.5 Å². The molecule has 3 heterocycles. The van der Waals surface area contributed by atoms with Crippen molar-refractivity contribution in [2.75, 3.05) is 0 Å². The molecule has 0 bridgehead atoms. The number of H-pyrrole nitrogens is 2. The van der Waals surface area contributed by atoms with E-state index in [4.69, 9.17) is 0 Å². The molecule has 14 rings (SSSR count). The van der Waals surface area contributed by atoms with Gasteiger partial charge in [-0.05, 0) is 118 Å². The van der Waals surface area contributed by atoms with Crippen LogP contribution in [0.3, 0.4) is 0 Å². The lowest BCUT2D eigenvalue weighted by Gasteiger charge is -2.09. The third kappa shape index (κ3) is 7.09. The maximum atomic E-state index is 3.60. The average Bonchev–Trinajstić information content (AvgIpc) is 4.12. The minimum atomic E-state index is 1.06. The highest BCUT2D eigenvalue weighted by Gasteiger charge is 2.20. The highest BCUT2D eigenvalue weighted by molar-refractivity contribution is 9.10. The maximum Gasteiger partial charge on any atom is 0.0548 e. The number of nitrogens with one attached hydrogen (secondary N) is 2. The van der Waals surface area contributed by atoms with Crippen LogP contribution < -0.4 is 0 Å². The number of fused-ring (bicyclic) bond motifs is 12. The van der Waals surface area contributed by atoms with Crippen LogP contribution in [0, 0.1) is 0 Å². The number of halogens is 1. The number of aromatic nitrogens is 3. The number of hydrogen-bond donors (Lipinski definition) is 2. The van der Waals surface area contributed by atoms with Crippen molar-refractivity contribution < 1.29 is 0 Å². The van der Waals surface area contributed by atoms with Crippen LogP contribution in [0.2, 0.25) is 0 Å². The third-order valence-corrected chi connectivity index (χ3v) is 13.4. The molecule has 308 valence electrons. The molecular formula is C61H42BrN3. The molecule has 4 heteroatoms. The van der Waals surface area contributed by atoms with Gasteiger partial charge in [-0.3, -0.25) is 0 Å². The summed E-state index contributed by atoms with van der Waals surface area (Å²) in [5.41, 5.74) is 19.1. The molecule has 0 amide bonds. The van der Waals surface area contributed by atoms with Crippen LogP contribution in [-0.2, 0) is 6.42 Å². The fourth-order valence-corrected chi connectivity index (χ4v) is 10.0. The zero-order valence-corrected chi connectivity index (χ0v) is 37.1. The van der Waals surface area contributed by atoms with Crippen molar-refractivity contribution >= 4 is 81.3 Å². The van der Waals surface area contributed by atoms with Gasteiger partial charge in [0.25, 0.3) is 0 Å². The normalized spacial score (nSPS) is 11.7. The summed E-state index contributed by atoms with van der Waals surface area (Å²) in [6.45, 7) is 0. The minimum Gasteiger partial charge on any atom is -0.354 e. The topological polar surface area (TPSA) is 36.5 Å². The first-order valence-corrected chi connectivity index (χ1v) is 22.9. The quantitative estimate of drug-likeness (QED) is 0.177. The Hall–Kier alpha value is -7.92. The van der Waals surface area contributed by atoms with Gasteiger partial charge in [-0.1, -0.05) is 180 Å². The Kier molecular flexibility index (Phi) is 9.73. The second-order valence-electron chi connectivity index (χ2n) is 16.8. The molecule has 0 radical (unpaired) electrons. The van der Waals surface area contributed by atoms with E-state index in [2.05, 4.69) is 255 Å². The largest absolute Gasteiger partial charge is 0.354 e. The first-order valence-electron chi connectivity index (χ1n) is 22.1. The van der Waals surface area contributed by atoms with E-state index in [0.29, 0.717) is 0 Å². The van der Waals surface area contributed by atoms with Crippen molar-refractivity contribution in [3.63, 3.8) is 0 Å². The molecule has 2 N–H and O–H groups in total. The van der Waals surface area contributed by atoms with E-state index < -0.39 is 0 Å². The summed E-state index contributed by atoms with van der Waals surface area (Å²) in [4.78, 5) is 7.14. The summed E-state index contributed by atoms with van der Waals surface area (Å²) < 4.78 is 3.51. The zero-order valence-electron chi connectivity index (χ0n) is 35.5. The smallest absolute Gasteiger partial charge is 0.0548 e. The van der Waals surface area contributed by atoms with E-state index in [-0.39, 0.29) is 0 Å². The van der Waals surface area contributed by atoms with E-state index in [1.807, 2.05) is 6.07 Å². The molecular weight excluding hydrogens is 855 g/mol. The van der Waals surface area contributed by atoms with Gasteiger partial charge in [0.1, 0.15) is 0 Å². The van der Waals surface area contributed by atoms with E-state index in [1.54, 1.807) is 0 Å². The summed E-state index contributed by atoms with van der Waals surface area (Å²) in [7, 11) is 0. The van der Waals surface area contributed by atoms with Gasteiger partial charge in [-0.25, -0.2) is 0 Å². The van der Waals surface area contributed by atoms with Crippen LogP contribution >= 0.6 is 15.9 Å². The number of para-hydroxylation sites is 3. The molecule has 1 aliphatic rings. The van der Waals surface area contributed by atoms with Gasteiger partial charge < -0.3 is 14.5 Å². The van der Waals surface area contributed by atoms with Gasteiger partial charge in [-0.2, -0.15) is 0 Å². The number of benzene rings is 10. The summed E-state index contributed by atoms with van der Waals surface area (Å²) in [6.07, 6.45) is 1.06. The average molecular weight is 897 g/mol. The Morgan fingerprint density at radius 1 is 0.323 bits per heavy atom. The van der Waals surface area contributed by atoms with Crippen molar-refractivity contribution in [2.24, 2.45) is 0 Å². The Labute approximate surface area is 385 Å². The number of hydrogen-bond acceptors (Lipinski definition) is 0. The Balaban J connectivity index is 0.000000114. The van der Waals surface area contributed by atoms with Gasteiger partial charge in [0.05, 0.1) is 11.0 Å². The second kappa shape index (κ2) is 16.3. The highest BCUT2D eigenvalue weighted by atomic mass is 79.9. The lowest BCUT2D eigenvalue weighted by molar-refractivity contribution is 1.18. The molecule has 65 heavy (non-hydrogen) atoms. The molecule has 0 saturated carbocycles. The van der Waals surface area contributed by atoms with Crippen molar-refractivity contribution in [3.05, 3.63) is 246 Å². The molecule has 10 aromatic carbocycles. The molecule has 0 atom stereocenters. The standard InChI is InChI=1S/C30H20N2.C19H13N.C12H9Br/c1-2-8-20(9-3-1)21-14-16-22(17-15-21)32-29-13-7-5-11-24(29)26-18-28-25(19-30(26)32)23-10-4-6-12-27(23)31-28;1-2-6-14-12(5-1)9-13-10-17-15-7-3-4-8-18(15)20-19(17)11-16(13)14;13-12-8-6-11(7-9-12)10-4-2-1-3-5-10/h1-19,31H;1-8,10-11,20H,9H2;1-9H. The zero-order chi connectivity index (χ0) is 43.3. The van der Waals surface area contributed by atoms with Crippen LogP contribution in [0.15, 0.2) is 235 Å². The lowest BCUT2D eigenvalue weighted by atomic mass is 10.0. The van der Waals surface area contributed by atoms with E-state index in [1.165, 1.54) is 116 Å². The van der Waals surface area contributed by atoms with Crippen LogP contribution in [0.25, 0.3) is 104 Å². The molecule has 3 nitrogen and oxygen atoms in total. The van der Waals surface area contributed by atoms with Crippen molar-refractivity contribution in [2.45, 2.75) is 6.42 Å². The fourth-order valence-electron chi connectivity index (χ4n) is 9.78. The first-order chi connectivity index (χ1) is 32.1. The van der Waals surface area contributed by atoms with Crippen molar-refractivity contribution in [3.8, 4) is 39.1 Å². The Morgan fingerprint density at radius 3 is 1.49 bits per heavy atom. The fraction of sp³-hybridized carbons (Fsp3) is 0.0164. The van der Waals surface area contributed by atoms with Gasteiger partial charge >= 0.3 is 0 Å². The van der Waals surface area contributed by atoms with Crippen LogP contribution in [0.1, 0.15) is 11.1 Å². The van der Waals surface area contributed by atoms with Crippen LogP contribution in [0.5, 0.6) is 0 Å². The summed E-state index contributed by atoms with van der Waals surface area (Å²) in [6, 6.07) is 82.0. The first kappa shape index (κ1) is 38.7. The van der Waals surface area contributed by atoms with Crippen LogP contribution in [0.4, 0.5) is 0 Å². The molecule has 0 aliphatic heterocycles. The summed E-state index contributed by atoms with van der Waals surface area (Å²) in [5, 5.41) is 7.73. The van der Waals surface area contributed by atoms with Gasteiger partial charge in [0.2, 0.25) is 0 Å². The predicted octanol–water partition coefficient (Wildman–Crippen LogP) is 17.1. The number of aromatic amines is 2. The van der Waals surface area contributed by atoms with Crippen molar-refractivity contribution in [1.29, 1.82) is 0 Å². The van der Waals surface area contributed by atoms with E-state index in [0.717, 1.165) is 10.9 Å². The third-order valence-electron chi connectivity index (χ3n) is 12.9. The number of nitrogens with zero attached hydrogens (tertiary/aromatic N) is 1. The SMILES string of the molecule is Brc1ccc(-c2ccccc2)cc1.c1ccc(-c2ccc(-n3c4ccccc4c4cc5[nH]c6ccccc6c5cc43)cc2)cc1.c1ccc2c(c1)Cc1cc3c(cc1-2)[nH]c1ccccc13. The van der Waals surface area contributed by atoms with Gasteiger partial charge in [0.15, 0.2) is 0 Å². The Morgan fingerprint density at radius 2 is 0.831 bits per heavy atom. The molecule has 1 aliphatic carbocycles. The van der Waals surface area contributed by atoms with E-state index >= 15 is 0 Å². The monoisotopic (exact) mass is 895 g/mol. The van der Waals surface area contributed by atoms with E-state index in [9.17, 15) is 0 Å². The molecule has 0 spiro atoms.